The first-order valence-corrected chi connectivity index (χ1v) is 7.66. The fourth-order valence-electron chi connectivity index (χ4n) is 2.67. The van der Waals surface area contributed by atoms with E-state index in [1.165, 1.54) is 12.0 Å². The van der Waals surface area contributed by atoms with E-state index in [1.54, 1.807) is 5.54 Å². The summed E-state index contributed by atoms with van der Waals surface area (Å²) in [7, 11) is 0. The summed E-state index contributed by atoms with van der Waals surface area (Å²) in [4.78, 5) is 2.61. The summed E-state index contributed by atoms with van der Waals surface area (Å²) in [5, 5.41) is 3.71. The van der Waals surface area contributed by atoms with E-state index in [1.807, 2.05) is 0 Å². The predicted octanol–water partition coefficient (Wildman–Crippen LogP) is 3.47. The Morgan fingerprint density at radius 1 is 1.44 bits per heavy atom. The molecule has 0 aromatic rings. The Labute approximate surface area is 118 Å². The number of rotatable bonds is 5. The number of nitrogens with zero attached hydrogens (tertiary/aromatic N) is 1. The third kappa shape index (κ3) is 4.25. The van der Waals surface area contributed by atoms with Gasteiger partial charge in [0.25, 0.3) is 0 Å². The second-order valence-electron chi connectivity index (χ2n) is 6.10. The van der Waals surface area contributed by atoms with Crippen LogP contribution in [0.4, 0.5) is 0 Å². The normalized spacial score (nSPS) is 28.7. The van der Waals surface area contributed by atoms with Crippen molar-refractivity contribution in [2.45, 2.75) is 53.1 Å². The molecule has 0 aromatic carbocycles. The molecule has 2 nitrogen and oxygen atoms in total. The summed E-state index contributed by atoms with van der Waals surface area (Å²) in [5.41, 5.74) is 2.98. The summed E-state index contributed by atoms with van der Waals surface area (Å²) < 4.78 is 0. The Morgan fingerprint density at radius 2 is 2.11 bits per heavy atom. The van der Waals surface area contributed by atoms with Gasteiger partial charge in [-0.15, -0.1) is 0 Å². The summed E-state index contributed by atoms with van der Waals surface area (Å²) in [6, 6.07) is 1.24. The smallest absolute Gasteiger partial charge is 0.0250 e. The van der Waals surface area contributed by atoms with Crippen molar-refractivity contribution in [1.82, 2.24) is 10.2 Å². The molecule has 0 bridgehead atoms. The van der Waals surface area contributed by atoms with Gasteiger partial charge in [0, 0.05) is 37.3 Å². The Hall–Kier alpha value is -0.0500. The number of hydrogen-bond acceptors (Lipinski definition) is 2. The fraction of sp³-hybridized carbons (Fsp3) is 0.867. The number of piperazine rings is 1. The zero-order valence-electron chi connectivity index (χ0n) is 12.5. The molecule has 1 heterocycles. The molecule has 3 heteroatoms. The molecule has 1 saturated heterocycles. The van der Waals surface area contributed by atoms with Crippen molar-refractivity contribution in [2.75, 3.05) is 19.6 Å². The minimum atomic E-state index is 0.605. The maximum absolute atomic E-state index is 5.83. The molecule has 0 saturated carbocycles. The van der Waals surface area contributed by atoms with Crippen LogP contribution in [0.25, 0.3) is 0 Å². The third-order valence-corrected chi connectivity index (χ3v) is 4.61. The second kappa shape index (κ2) is 7.52. The molecule has 3 unspecified atom stereocenters. The maximum Gasteiger partial charge on any atom is 0.0250 e. The Morgan fingerprint density at radius 3 is 2.61 bits per heavy atom. The summed E-state index contributed by atoms with van der Waals surface area (Å²) in [6.07, 6.45) is 1.23. The molecule has 0 radical (unpaired) electrons. The van der Waals surface area contributed by atoms with Gasteiger partial charge in [-0.1, -0.05) is 45.7 Å². The van der Waals surface area contributed by atoms with Crippen LogP contribution in [0.2, 0.25) is 0 Å². The maximum atomic E-state index is 5.83. The van der Waals surface area contributed by atoms with Crippen LogP contribution in [0.5, 0.6) is 0 Å². The number of nitrogens with one attached hydrogen (secondary N) is 1. The van der Waals surface area contributed by atoms with Gasteiger partial charge >= 0.3 is 0 Å². The summed E-state index contributed by atoms with van der Waals surface area (Å²) in [6.45, 7) is 14.6. The lowest BCUT2D eigenvalue weighted by atomic mass is 9.91. The summed E-state index contributed by atoms with van der Waals surface area (Å²) >= 11 is 5.83. The van der Waals surface area contributed by atoms with E-state index in [0.29, 0.717) is 18.0 Å². The molecule has 1 fully saturated rings. The van der Waals surface area contributed by atoms with Crippen LogP contribution in [-0.2, 0) is 0 Å². The van der Waals surface area contributed by atoms with E-state index >= 15 is 0 Å². The molecule has 0 aliphatic carbocycles. The van der Waals surface area contributed by atoms with Crippen molar-refractivity contribution >= 4 is 11.6 Å². The quantitative estimate of drug-likeness (QED) is 0.824. The van der Waals surface area contributed by atoms with Gasteiger partial charge in [-0.3, -0.25) is 4.90 Å². The monoisotopic (exact) mass is 272 g/mol. The van der Waals surface area contributed by atoms with Gasteiger partial charge in [-0.2, -0.15) is 0 Å². The highest BCUT2D eigenvalue weighted by Crippen LogP contribution is 2.21. The number of halogens is 1. The standard InChI is InChI=1S/C15H29ClN2/c1-6-13(5)15-8-17-14(11(2)3)10-18(15)9-12(4)7-16/h7,11,13-15,17H,6,8-10H2,1-5H3. The van der Waals surface area contributed by atoms with Crippen LogP contribution >= 0.6 is 11.6 Å². The molecule has 1 rings (SSSR count). The first-order chi connectivity index (χ1) is 8.49. The molecule has 106 valence electrons. The van der Waals surface area contributed by atoms with Gasteiger partial charge in [0.15, 0.2) is 0 Å². The molecule has 1 aliphatic heterocycles. The minimum absolute atomic E-state index is 0.605. The molecule has 1 N–H and O–H groups in total. The molecule has 18 heavy (non-hydrogen) atoms. The first-order valence-electron chi connectivity index (χ1n) is 7.22. The van der Waals surface area contributed by atoms with E-state index < -0.39 is 0 Å². The molecular weight excluding hydrogens is 244 g/mol. The lowest BCUT2D eigenvalue weighted by molar-refractivity contribution is 0.0879. The summed E-state index contributed by atoms with van der Waals surface area (Å²) in [5.74, 6) is 1.42. The highest BCUT2D eigenvalue weighted by molar-refractivity contribution is 6.25. The average Bonchev–Trinajstić information content (AvgIpc) is 2.37. The van der Waals surface area contributed by atoms with Crippen LogP contribution < -0.4 is 5.32 Å². The largest absolute Gasteiger partial charge is 0.311 e. The highest BCUT2D eigenvalue weighted by Gasteiger charge is 2.31. The predicted molar refractivity (Wildman–Crippen MR) is 81.1 cm³/mol. The van der Waals surface area contributed by atoms with Crippen LogP contribution in [0.1, 0.15) is 41.0 Å². The van der Waals surface area contributed by atoms with E-state index in [4.69, 9.17) is 11.6 Å². The van der Waals surface area contributed by atoms with Gasteiger partial charge in [0.2, 0.25) is 0 Å². The van der Waals surface area contributed by atoms with Crippen LogP contribution in [0.15, 0.2) is 11.1 Å². The van der Waals surface area contributed by atoms with Crippen molar-refractivity contribution in [1.29, 1.82) is 0 Å². The zero-order chi connectivity index (χ0) is 13.7. The van der Waals surface area contributed by atoms with E-state index in [0.717, 1.165) is 25.6 Å². The fourth-order valence-corrected chi connectivity index (χ4v) is 2.74. The molecular formula is C15H29ClN2. The van der Waals surface area contributed by atoms with Crippen molar-refractivity contribution in [3.63, 3.8) is 0 Å². The average molecular weight is 273 g/mol. The van der Waals surface area contributed by atoms with Crippen molar-refractivity contribution in [2.24, 2.45) is 11.8 Å². The van der Waals surface area contributed by atoms with Gasteiger partial charge in [0.05, 0.1) is 0 Å². The minimum Gasteiger partial charge on any atom is -0.311 e. The van der Waals surface area contributed by atoms with Crippen molar-refractivity contribution in [3.05, 3.63) is 11.1 Å². The lowest BCUT2D eigenvalue weighted by Crippen LogP contribution is -2.60. The molecule has 0 amide bonds. The van der Waals surface area contributed by atoms with Gasteiger partial charge < -0.3 is 5.32 Å². The number of hydrogen-bond donors (Lipinski definition) is 1. The first kappa shape index (κ1) is 16.0. The Balaban J connectivity index is 2.72. The molecule has 0 aromatic heterocycles. The van der Waals surface area contributed by atoms with Gasteiger partial charge in [0.1, 0.15) is 0 Å². The SMILES string of the molecule is CCC(C)C1CNC(C(C)C)CN1CC(C)=CCl. The Kier molecular flexibility index (Phi) is 6.68. The van der Waals surface area contributed by atoms with Gasteiger partial charge in [-0.05, 0) is 24.3 Å². The zero-order valence-corrected chi connectivity index (χ0v) is 13.3. The lowest BCUT2D eigenvalue weighted by Gasteiger charge is -2.44. The Bertz CT molecular complexity index is 276. The van der Waals surface area contributed by atoms with Crippen LogP contribution in [0, 0.1) is 11.8 Å². The van der Waals surface area contributed by atoms with Gasteiger partial charge in [-0.25, -0.2) is 0 Å². The topological polar surface area (TPSA) is 15.3 Å². The van der Waals surface area contributed by atoms with Crippen molar-refractivity contribution < 1.29 is 0 Å². The molecule has 3 atom stereocenters. The highest BCUT2D eigenvalue weighted by atomic mass is 35.5. The van der Waals surface area contributed by atoms with Crippen LogP contribution in [-0.4, -0.2) is 36.6 Å². The van der Waals surface area contributed by atoms with Crippen LogP contribution in [0.3, 0.4) is 0 Å². The molecule has 1 aliphatic rings. The molecule has 0 spiro atoms. The van der Waals surface area contributed by atoms with E-state index in [9.17, 15) is 0 Å². The van der Waals surface area contributed by atoms with E-state index in [-0.39, 0.29) is 0 Å². The third-order valence-electron chi connectivity index (χ3n) is 4.23. The van der Waals surface area contributed by atoms with Crippen molar-refractivity contribution in [3.8, 4) is 0 Å². The second-order valence-corrected chi connectivity index (χ2v) is 6.31. The van der Waals surface area contributed by atoms with E-state index in [2.05, 4.69) is 44.8 Å².